The van der Waals surface area contributed by atoms with Crippen molar-refractivity contribution in [1.29, 1.82) is 0 Å². The second kappa shape index (κ2) is 6.80. The molecule has 4 aromatic rings. The fraction of sp³-hybridized carbons (Fsp3) is 0.0500. The highest BCUT2D eigenvalue weighted by atomic mass is 16.6. The second-order valence-electron chi connectivity index (χ2n) is 6.06. The van der Waals surface area contributed by atoms with Crippen LogP contribution in [0.1, 0.15) is 5.56 Å². The van der Waals surface area contributed by atoms with Gasteiger partial charge in [-0.1, -0.05) is 30.3 Å². The molecule has 7 nitrogen and oxygen atoms in total. The number of non-ortho nitro benzene ring substituents is 1. The Hall–Kier alpha value is -3.87. The first-order chi connectivity index (χ1) is 13.1. The number of azo groups is 1. The summed E-state index contributed by atoms with van der Waals surface area (Å²) in [5, 5.41) is 19.9. The molecule has 132 valence electrons. The van der Waals surface area contributed by atoms with Crippen LogP contribution in [0, 0.1) is 17.0 Å². The molecule has 2 aromatic heterocycles. The number of rotatable bonds is 4. The maximum Gasteiger partial charge on any atom is 0.270 e. The summed E-state index contributed by atoms with van der Waals surface area (Å²) in [4.78, 5) is 15.3. The lowest BCUT2D eigenvalue weighted by molar-refractivity contribution is -0.384. The summed E-state index contributed by atoms with van der Waals surface area (Å²) in [6.07, 6.45) is 1.84. The van der Waals surface area contributed by atoms with E-state index in [2.05, 4.69) is 15.2 Å². The normalized spacial score (nSPS) is 11.3. The Morgan fingerprint density at radius 3 is 2.67 bits per heavy atom. The SMILES string of the molecule is Cc1cccc(N=Nc2c(-c3cccc([N+](=O)[O-])c3)nc3ccccn23)c1. The van der Waals surface area contributed by atoms with E-state index in [1.165, 1.54) is 12.1 Å². The van der Waals surface area contributed by atoms with E-state index in [1.54, 1.807) is 12.1 Å². The first-order valence-electron chi connectivity index (χ1n) is 8.32. The topological polar surface area (TPSA) is 85.2 Å². The summed E-state index contributed by atoms with van der Waals surface area (Å²) in [6.45, 7) is 1.99. The number of hydrogen-bond acceptors (Lipinski definition) is 5. The monoisotopic (exact) mass is 357 g/mol. The quantitative estimate of drug-likeness (QED) is 0.269. The van der Waals surface area contributed by atoms with E-state index in [0.717, 1.165) is 11.3 Å². The minimum atomic E-state index is -0.423. The van der Waals surface area contributed by atoms with Gasteiger partial charge in [0.25, 0.3) is 5.69 Å². The second-order valence-corrected chi connectivity index (χ2v) is 6.06. The largest absolute Gasteiger partial charge is 0.283 e. The average Bonchev–Trinajstić information content (AvgIpc) is 3.05. The smallest absolute Gasteiger partial charge is 0.270 e. The molecular formula is C20H15N5O2. The summed E-state index contributed by atoms with van der Waals surface area (Å²) < 4.78 is 1.81. The van der Waals surface area contributed by atoms with Gasteiger partial charge in [-0.05, 0) is 36.8 Å². The van der Waals surface area contributed by atoms with E-state index in [4.69, 9.17) is 0 Å². The molecule has 4 rings (SSSR count). The fourth-order valence-electron chi connectivity index (χ4n) is 2.83. The van der Waals surface area contributed by atoms with Crippen molar-refractivity contribution in [3.63, 3.8) is 0 Å². The van der Waals surface area contributed by atoms with E-state index in [1.807, 2.05) is 60.0 Å². The zero-order chi connectivity index (χ0) is 18.8. The van der Waals surface area contributed by atoms with Crippen LogP contribution in [0.25, 0.3) is 16.9 Å². The van der Waals surface area contributed by atoms with E-state index < -0.39 is 4.92 Å². The first kappa shape index (κ1) is 16.6. The van der Waals surface area contributed by atoms with Gasteiger partial charge in [-0.15, -0.1) is 10.2 Å². The number of imidazole rings is 1. The Morgan fingerprint density at radius 2 is 1.85 bits per heavy atom. The zero-order valence-corrected chi connectivity index (χ0v) is 14.5. The summed E-state index contributed by atoms with van der Waals surface area (Å²) in [7, 11) is 0. The average molecular weight is 357 g/mol. The number of hydrogen-bond donors (Lipinski definition) is 0. The van der Waals surface area contributed by atoms with E-state index in [0.29, 0.717) is 22.7 Å². The number of nitro groups is 1. The number of nitro benzene ring substituents is 1. The maximum absolute atomic E-state index is 11.1. The Kier molecular flexibility index (Phi) is 4.18. The number of pyridine rings is 1. The van der Waals surface area contributed by atoms with Crippen LogP contribution in [-0.2, 0) is 0 Å². The zero-order valence-electron chi connectivity index (χ0n) is 14.5. The van der Waals surface area contributed by atoms with Crippen LogP contribution < -0.4 is 0 Å². The van der Waals surface area contributed by atoms with Crippen LogP contribution >= 0.6 is 0 Å². The predicted molar refractivity (Wildman–Crippen MR) is 103 cm³/mol. The van der Waals surface area contributed by atoms with Gasteiger partial charge >= 0.3 is 0 Å². The molecule has 0 N–H and O–H groups in total. The van der Waals surface area contributed by atoms with Crippen LogP contribution in [0.4, 0.5) is 17.2 Å². The van der Waals surface area contributed by atoms with Gasteiger partial charge in [-0.2, -0.15) is 0 Å². The highest BCUT2D eigenvalue weighted by molar-refractivity contribution is 5.75. The first-order valence-corrected chi connectivity index (χ1v) is 8.32. The van der Waals surface area contributed by atoms with Gasteiger partial charge in [-0.25, -0.2) is 4.98 Å². The van der Waals surface area contributed by atoms with E-state index >= 15 is 0 Å². The van der Waals surface area contributed by atoms with E-state index in [-0.39, 0.29) is 5.69 Å². The number of aromatic nitrogens is 2. The van der Waals surface area contributed by atoms with Crippen molar-refractivity contribution in [3.05, 3.63) is 88.6 Å². The fourth-order valence-corrected chi connectivity index (χ4v) is 2.83. The number of fused-ring (bicyclic) bond motifs is 1. The number of benzene rings is 2. The van der Waals surface area contributed by atoms with Crippen molar-refractivity contribution in [1.82, 2.24) is 9.38 Å². The van der Waals surface area contributed by atoms with Crippen LogP contribution in [0.3, 0.4) is 0 Å². The minimum Gasteiger partial charge on any atom is -0.283 e. The lowest BCUT2D eigenvalue weighted by Crippen LogP contribution is -1.88. The van der Waals surface area contributed by atoms with Crippen LogP contribution in [0.15, 0.2) is 83.2 Å². The molecule has 0 spiro atoms. The summed E-state index contributed by atoms with van der Waals surface area (Å²) in [5.74, 6) is 0.521. The van der Waals surface area contributed by atoms with Crippen molar-refractivity contribution < 1.29 is 4.92 Å². The molecule has 0 aliphatic carbocycles. The molecule has 0 radical (unpaired) electrons. The molecule has 2 heterocycles. The van der Waals surface area contributed by atoms with Crippen molar-refractivity contribution >= 4 is 22.8 Å². The summed E-state index contributed by atoms with van der Waals surface area (Å²) in [5.41, 5.74) is 3.67. The van der Waals surface area contributed by atoms with Gasteiger partial charge in [-0.3, -0.25) is 14.5 Å². The lowest BCUT2D eigenvalue weighted by Gasteiger charge is -2.00. The molecule has 0 atom stereocenters. The molecule has 2 aromatic carbocycles. The third kappa shape index (κ3) is 3.30. The molecule has 0 amide bonds. The standard InChI is InChI=1S/C20H15N5O2/c1-14-6-4-8-16(12-14)22-23-20-19(21-18-10-2-3-11-24(18)20)15-7-5-9-17(13-15)25(26)27/h2-13H,1H3. The molecule has 0 bridgehead atoms. The lowest BCUT2D eigenvalue weighted by atomic mass is 10.1. The van der Waals surface area contributed by atoms with Gasteiger partial charge in [0.15, 0.2) is 5.82 Å². The van der Waals surface area contributed by atoms with Crippen molar-refractivity contribution in [2.24, 2.45) is 10.2 Å². The predicted octanol–water partition coefficient (Wildman–Crippen LogP) is 5.63. The Morgan fingerprint density at radius 1 is 1.00 bits per heavy atom. The van der Waals surface area contributed by atoms with Crippen molar-refractivity contribution in [3.8, 4) is 11.3 Å². The molecule has 0 saturated heterocycles. The van der Waals surface area contributed by atoms with Gasteiger partial charge in [0, 0.05) is 23.9 Å². The summed E-state index contributed by atoms with van der Waals surface area (Å²) in [6, 6.07) is 19.7. The van der Waals surface area contributed by atoms with Crippen molar-refractivity contribution in [2.75, 3.05) is 0 Å². The van der Waals surface area contributed by atoms with Crippen molar-refractivity contribution in [2.45, 2.75) is 6.92 Å². The molecular weight excluding hydrogens is 342 g/mol. The Labute approximate surface area is 154 Å². The number of nitrogens with zero attached hydrogens (tertiary/aromatic N) is 5. The number of aryl methyl sites for hydroxylation is 1. The highest BCUT2D eigenvalue weighted by Crippen LogP contribution is 2.33. The molecule has 0 fully saturated rings. The Bertz CT molecular complexity index is 1180. The third-order valence-corrected chi connectivity index (χ3v) is 4.10. The van der Waals surface area contributed by atoms with Gasteiger partial charge in [0.05, 0.1) is 10.6 Å². The molecule has 0 saturated carbocycles. The highest BCUT2D eigenvalue weighted by Gasteiger charge is 2.16. The van der Waals surface area contributed by atoms with Gasteiger partial charge < -0.3 is 0 Å². The molecule has 0 aliphatic rings. The third-order valence-electron chi connectivity index (χ3n) is 4.10. The molecule has 0 unspecified atom stereocenters. The van der Waals surface area contributed by atoms with Gasteiger partial charge in [0.1, 0.15) is 11.3 Å². The summed E-state index contributed by atoms with van der Waals surface area (Å²) >= 11 is 0. The van der Waals surface area contributed by atoms with Gasteiger partial charge in [0.2, 0.25) is 0 Å². The van der Waals surface area contributed by atoms with E-state index in [9.17, 15) is 10.1 Å². The van der Waals surface area contributed by atoms with Crippen LogP contribution in [0.5, 0.6) is 0 Å². The minimum absolute atomic E-state index is 0.00568. The van der Waals surface area contributed by atoms with Crippen LogP contribution in [-0.4, -0.2) is 14.3 Å². The van der Waals surface area contributed by atoms with Crippen LogP contribution in [0.2, 0.25) is 0 Å². The molecule has 27 heavy (non-hydrogen) atoms. The maximum atomic E-state index is 11.1. The molecule has 7 heteroatoms. The molecule has 0 aliphatic heterocycles. The Balaban J connectivity index is 1.87.